The van der Waals surface area contributed by atoms with Crippen molar-refractivity contribution in [3.8, 4) is 0 Å². The van der Waals surface area contributed by atoms with Gasteiger partial charge in [-0.3, -0.25) is 10.0 Å². The molecule has 0 atom stereocenters. The van der Waals surface area contributed by atoms with E-state index in [2.05, 4.69) is 71.0 Å². The number of hydrogen-bond acceptors (Lipinski definition) is 4. The largest absolute Gasteiger partial charge is 0.256 e. The lowest BCUT2D eigenvalue weighted by molar-refractivity contribution is 0.529. The van der Waals surface area contributed by atoms with E-state index in [0.717, 1.165) is 33.3 Å². The van der Waals surface area contributed by atoms with E-state index in [1.807, 2.05) is 36.4 Å². The molecule has 4 nitrogen and oxygen atoms in total. The highest BCUT2D eigenvalue weighted by atomic mass is 15.6. The summed E-state index contributed by atoms with van der Waals surface area (Å²) in [4.78, 5) is 9.58. The minimum Gasteiger partial charge on any atom is -0.256 e. The molecule has 0 bridgehead atoms. The van der Waals surface area contributed by atoms with Crippen LogP contribution in [0.3, 0.4) is 0 Å². The number of rotatable bonds is 1. The third-order valence-corrected chi connectivity index (χ3v) is 5.16. The number of fused-ring (bicyclic) bond motifs is 5. The summed E-state index contributed by atoms with van der Waals surface area (Å²) in [7, 11) is 0. The number of para-hydroxylation sites is 3. The van der Waals surface area contributed by atoms with E-state index in [0.29, 0.717) is 0 Å². The van der Waals surface area contributed by atoms with E-state index in [1.165, 1.54) is 11.3 Å². The van der Waals surface area contributed by atoms with Crippen LogP contribution in [-0.2, 0) is 0 Å². The maximum Gasteiger partial charge on any atom is 0.0901 e. The van der Waals surface area contributed by atoms with Crippen molar-refractivity contribution in [2.24, 2.45) is 0 Å². The van der Waals surface area contributed by atoms with Crippen LogP contribution in [0, 0.1) is 0 Å². The van der Waals surface area contributed by atoms with Gasteiger partial charge in [0.05, 0.1) is 33.5 Å². The molecule has 132 valence electrons. The second-order valence-electron chi connectivity index (χ2n) is 6.88. The second-order valence-corrected chi connectivity index (χ2v) is 6.88. The molecule has 0 N–H and O–H groups in total. The fraction of sp³-hybridized carbons (Fsp3) is 0. The average molecular weight is 360 g/mol. The summed E-state index contributed by atoms with van der Waals surface area (Å²) in [6, 6.07) is 22.7. The van der Waals surface area contributed by atoms with Gasteiger partial charge in [-0.15, -0.1) is 0 Å². The first-order chi connectivity index (χ1) is 13.9. The van der Waals surface area contributed by atoms with Gasteiger partial charge < -0.3 is 0 Å². The Bertz CT molecular complexity index is 1330. The monoisotopic (exact) mass is 360 g/mol. The highest BCUT2D eigenvalue weighted by Crippen LogP contribution is 2.38. The molecule has 28 heavy (non-hydrogen) atoms. The molecule has 4 heteroatoms. The van der Waals surface area contributed by atoms with Crippen LogP contribution < -0.4 is 5.01 Å². The molecule has 3 aromatic carbocycles. The number of hydrogen-bond donors (Lipinski definition) is 0. The fourth-order valence-electron chi connectivity index (χ4n) is 3.83. The number of benzene rings is 3. The normalized spacial score (nSPS) is 14.9. The molecular formula is C24H16N4. The zero-order chi connectivity index (χ0) is 18.5. The minimum atomic E-state index is 0.902. The Kier molecular flexibility index (Phi) is 3.14. The van der Waals surface area contributed by atoms with Crippen molar-refractivity contribution in [3.05, 3.63) is 102 Å². The lowest BCUT2D eigenvalue weighted by atomic mass is 10.0. The van der Waals surface area contributed by atoms with Crippen molar-refractivity contribution in [3.63, 3.8) is 0 Å². The van der Waals surface area contributed by atoms with E-state index < -0.39 is 0 Å². The average Bonchev–Trinajstić information content (AvgIpc) is 2.77. The topological polar surface area (TPSA) is 32.3 Å². The molecule has 0 aliphatic carbocycles. The maximum absolute atomic E-state index is 4.83. The van der Waals surface area contributed by atoms with Crippen LogP contribution in [0.4, 0.5) is 5.69 Å². The Morgan fingerprint density at radius 2 is 1.29 bits per heavy atom. The van der Waals surface area contributed by atoms with E-state index in [4.69, 9.17) is 9.97 Å². The van der Waals surface area contributed by atoms with Crippen LogP contribution in [0.2, 0.25) is 0 Å². The SMILES string of the molecule is C1=CN2C(c3ccc4nc5ccccc5nc4c3)=Cc3ccccc3N2C=C1. The minimum absolute atomic E-state index is 0.902. The van der Waals surface area contributed by atoms with Crippen molar-refractivity contribution in [1.29, 1.82) is 0 Å². The smallest absolute Gasteiger partial charge is 0.0901 e. The van der Waals surface area contributed by atoms with Crippen molar-refractivity contribution in [2.45, 2.75) is 0 Å². The lowest BCUT2D eigenvalue weighted by Crippen LogP contribution is -2.37. The summed E-state index contributed by atoms with van der Waals surface area (Å²) in [5.74, 6) is 0. The molecule has 1 aromatic heterocycles. The van der Waals surface area contributed by atoms with Crippen molar-refractivity contribution < 1.29 is 0 Å². The van der Waals surface area contributed by atoms with Crippen LogP contribution in [0.25, 0.3) is 33.8 Å². The molecule has 3 heterocycles. The Morgan fingerprint density at radius 1 is 0.607 bits per heavy atom. The highest BCUT2D eigenvalue weighted by molar-refractivity contribution is 5.93. The number of allylic oxidation sites excluding steroid dienone is 2. The van der Waals surface area contributed by atoms with Gasteiger partial charge in [0.25, 0.3) is 0 Å². The van der Waals surface area contributed by atoms with Gasteiger partial charge in [-0.2, -0.15) is 0 Å². The molecule has 0 spiro atoms. The van der Waals surface area contributed by atoms with Gasteiger partial charge in [-0.05, 0) is 48.6 Å². The van der Waals surface area contributed by atoms with Crippen molar-refractivity contribution >= 4 is 39.5 Å². The van der Waals surface area contributed by atoms with Gasteiger partial charge in [0.2, 0.25) is 0 Å². The van der Waals surface area contributed by atoms with Gasteiger partial charge in [0, 0.05) is 23.5 Å². The fourth-order valence-corrected chi connectivity index (χ4v) is 3.83. The first kappa shape index (κ1) is 15.2. The molecule has 0 radical (unpaired) electrons. The lowest BCUT2D eigenvalue weighted by Gasteiger charge is -2.40. The molecule has 6 rings (SSSR count). The molecule has 0 amide bonds. The predicted molar refractivity (Wildman–Crippen MR) is 114 cm³/mol. The van der Waals surface area contributed by atoms with Gasteiger partial charge in [-0.25, -0.2) is 9.97 Å². The van der Waals surface area contributed by atoms with Gasteiger partial charge in [0.15, 0.2) is 0 Å². The first-order valence-electron chi connectivity index (χ1n) is 9.28. The Balaban J connectivity index is 1.55. The molecule has 2 aliphatic heterocycles. The van der Waals surface area contributed by atoms with E-state index in [9.17, 15) is 0 Å². The predicted octanol–water partition coefficient (Wildman–Crippen LogP) is 5.36. The number of anilines is 1. The van der Waals surface area contributed by atoms with Gasteiger partial charge >= 0.3 is 0 Å². The van der Waals surface area contributed by atoms with Crippen molar-refractivity contribution in [2.75, 3.05) is 5.01 Å². The summed E-state index contributed by atoms with van der Waals surface area (Å²) in [5, 5.41) is 4.33. The van der Waals surface area contributed by atoms with Crippen molar-refractivity contribution in [1.82, 2.24) is 15.0 Å². The molecule has 0 unspecified atom stereocenters. The van der Waals surface area contributed by atoms with Crippen LogP contribution in [0.15, 0.2) is 91.3 Å². The van der Waals surface area contributed by atoms with Crippen LogP contribution in [0.1, 0.15) is 11.1 Å². The molecule has 0 saturated carbocycles. The van der Waals surface area contributed by atoms with E-state index >= 15 is 0 Å². The summed E-state index contributed by atoms with van der Waals surface area (Å²) in [5.41, 5.74) is 8.22. The van der Waals surface area contributed by atoms with Gasteiger partial charge in [0.1, 0.15) is 0 Å². The van der Waals surface area contributed by atoms with Crippen LogP contribution >= 0.6 is 0 Å². The Morgan fingerprint density at radius 3 is 2.14 bits per heavy atom. The van der Waals surface area contributed by atoms with E-state index in [1.54, 1.807) is 0 Å². The molecule has 2 aliphatic rings. The standard InChI is InChI=1S/C24H16N4/c1-4-10-23-17(7-1)16-24(28-14-6-5-13-27(23)28)18-11-12-21-22(15-18)26-20-9-3-2-8-19(20)25-21/h1-16H. The van der Waals surface area contributed by atoms with Crippen LogP contribution in [-0.4, -0.2) is 15.0 Å². The quantitative estimate of drug-likeness (QED) is 0.428. The summed E-state index contributed by atoms with van der Waals surface area (Å²) in [6.07, 6.45) is 10.5. The first-order valence-corrected chi connectivity index (χ1v) is 9.28. The molecule has 4 aromatic rings. The number of hydrazine groups is 1. The Labute approximate surface area is 162 Å². The Hall–Kier alpha value is -3.92. The summed E-state index contributed by atoms with van der Waals surface area (Å²) < 4.78 is 0. The highest BCUT2D eigenvalue weighted by Gasteiger charge is 2.24. The zero-order valence-corrected chi connectivity index (χ0v) is 15.0. The van der Waals surface area contributed by atoms with Gasteiger partial charge in [-0.1, -0.05) is 36.4 Å². The molecular weight excluding hydrogens is 344 g/mol. The number of nitrogens with zero attached hydrogens (tertiary/aromatic N) is 4. The molecule has 0 saturated heterocycles. The third-order valence-electron chi connectivity index (χ3n) is 5.16. The third kappa shape index (κ3) is 2.25. The number of aromatic nitrogens is 2. The zero-order valence-electron chi connectivity index (χ0n) is 15.0. The second kappa shape index (κ2) is 5.79. The van der Waals surface area contributed by atoms with Crippen LogP contribution in [0.5, 0.6) is 0 Å². The maximum atomic E-state index is 4.83. The molecule has 0 fully saturated rings. The van der Waals surface area contributed by atoms with E-state index in [-0.39, 0.29) is 0 Å². The summed E-state index contributed by atoms with van der Waals surface area (Å²) in [6.45, 7) is 0. The summed E-state index contributed by atoms with van der Waals surface area (Å²) >= 11 is 0.